The second-order valence-corrected chi connectivity index (χ2v) is 10.6. The summed E-state index contributed by atoms with van der Waals surface area (Å²) in [6.07, 6.45) is 0.201. The fourth-order valence-corrected chi connectivity index (χ4v) is 5.18. The van der Waals surface area contributed by atoms with Gasteiger partial charge < -0.3 is 33.2 Å². The molecule has 0 aliphatic rings. The molecule has 7 nitrogen and oxygen atoms in total. The predicted octanol–water partition coefficient (Wildman–Crippen LogP) is 8.33. The van der Waals surface area contributed by atoms with Gasteiger partial charge >= 0.3 is 0 Å². The van der Waals surface area contributed by atoms with Crippen LogP contribution in [0.25, 0.3) is 0 Å². The molecule has 228 valence electrons. The lowest BCUT2D eigenvalue weighted by Gasteiger charge is -2.28. The molecule has 0 fully saturated rings. The standard InChI is InChI=1S/C34H36Cl2O7/c1-37-29-17-23(18-30(38-2)33(29)41-5)27(15-21-7-11-25(35)12-8-21)43-28(16-22-9-13-26(36)14-10-22)24-19-31(39-3)34(42-6)32(20-24)40-4/h7-14,17-20,27-28H,15-16H2,1-6H3. The highest BCUT2D eigenvalue weighted by Crippen LogP contribution is 2.45. The summed E-state index contributed by atoms with van der Waals surface area (Å²) >= 11 is 12.4. The molecule has 4 rings (SSSR count). The first kappa shape index (κ1) is 32.1. The minimum atomic E-state index is -0.439. The van der Waals surface area contributed by atoms with Gasteiger partial charge in [-0.1, -0.05) is 47.5 Å². The molecule has 0 aliphatic heterocycles. The number of rotatable bonds is 14. The maximum atomic E-state index is 7.07. The van der Waals surface area contributed by atoms with E-state index in [1.807, 2.05) is 72.8 Å². The van der Waals surface area contributed by atoms with Crippen LogP contribution >= 0.6 is 23.2 Å². The molecule has 4 aromatic rings. The Morgan fingerprint density at radius 2 is 0.767 bits per heavy atom. The summed E-state index contributed by atoms with van der Waals surface area (Å²) < 4.78 is 40.9. The third-order valence-electron chi connectivity index (χ3n) is 7.11. The molecule has 0 spiro atoms. The van der Waals surface area contributed by atoms with Crippen molar-refractivity contribution >= 4 is 23.2 Å². The topological polar surface area (TPSA) is 64.6 Å². The molecule has 0 bridgehead atoms. The molecule has 9 heteroatoms. The lowest BCUT2D eigenvalue weighted by molar-refractivity contribution is -0.0153. The van der Waals surface area contributed by atoms with Crippen LogP contribution in [0, 0.1) is 0 Å². The Morgan fingerprint density at radius 1 is 0.465 bits per heavy atom. The Balaban J connectivity index is 1.86. The molecule has 0 radical (unpaired) electrons. The molecule has 0 amide bonds. The molecular weight excluding hydrogens is 591 g/mol. The van der Waals surface area contributed by atoms with Gasteiger partial charge in [-0.25, -0.2) is 0 Å². The Labute approximate surface area is 263 Å². The van der Waals surface area contributed by atoms with E-state index in [2.05, 4.69) is 0 Å². The van der Waals surface area contributed by atoms with Crippen LogP contribution in [0.15, 0.2) is 72.8 Å². The Morgan fingerprint density at radius 3 is 1.02 bits per heavy atom. The summed E-state index contributed by atoms with van der Waals surface area (Å²) in [5.74, 6) is 3.13. The molecule has 0 saturated carbocycles. The van der Waals surface area contributed by atoms with Gasteiger partial charge in [0.2, 0.25) is 11.5 Å². The van der Waals surface area contributed by atoms with Gasteiger partial charge in [-0.3, -0.25) is 0 Å². The van der Waals surface area contributed by atoms with E-state index in [0.717, 1.165) is 22.3 Å². The summed E-state index contributed by atoms with van der Waals surface area (Å²) in [4.78, 5) is 0. The molecule has 2 atom stereocenters. The smallest absolute Gasteiger partial charge is 0.203 e. The molecule has 2 unspecified atom stereocenters. The Hall–Kier alpha value is -3.78. The fraction of sp³-hybridized carbons (Fsp3) is 0.294. The fourth-order valence-electron chi connectivity index (χ4n) is 4.93. The van der Waals surface area contributed by atoms with Crippen molar-refractivity contribution in [2.75, 3.05) is 42.7 Å². The number of methoxy groups -OCH3 is 6. The highest BCUT2D eigenvalue weighted by Gasteiger charge is 2.26. The summed E-state index contributed by atoms with van der Waals surface area (Å²) in [7, 11) is 9.53. The summed E-state index contributed by atoms with van der Waals surface area (Å²) in [6.45, 7) is 0. The third kappa shape index (κ3) is 7.79. The van der Waals surface area contributed by atoms with Crippen molar-refractivity contribution in [1.82, 2.24) is 0 Å². The summed E-state index contributed by atoms with van der Waals surface area (Å²) in [5.41, 5.74) is 3.77. The molecule has 0 N–H and O–H groups in total. The quantitative estimate of drug-likeness (QED) is 0.139. The van der Waals surface area contributed by atoms with E-state index >= 15 is 0 Å². The van der Waals surface area contributed by atoms with E-state index in [1.54, 1.807) is 42.7 Å². The van der Waals surface area contributed by atoms with Crippen molar-refractivity contribution in [3.05, 3.63) is 105 Å². The van der Waals surface area contributed by atoms with Crippen LogP contribution in [0.2, 0.25) is 10.0 Å². The van der Waals surface area contributed by atoms with Crippen molar-refractivity contribution in [2.24, 2.45) is 0 Å². The van der Waals surface area contributed by atoms with E-state index in [4.69, 9.17) is 56.4 Å². The summed E-state index contributed by atoms with van der Waals surface area (Å²) in [6, 6.07) is 23.1. The first-order valence-corrected chi connectivity index (χ1v) is 14.3. The van der Waals surface area contributed by atoms with Crippen molar-refractivity contribution in [2.45, 2.75) is 25.0 Å². The lowest BCUT2D eigenvalue weighted by atomic mass is 9.97. The molecule has 4 aromatic carbocycles. The van der Waals surface area contributed by atoms with Crippen LogP contribution in [0.5, 0.6) is 34.5 Å². The molecular formula is C34H36Cl2O7. The van der Waals surface area contributed by atoms with Crippen LogP contribution in [0.4, 0.5) is 0 Å². The average Bonchev–Trinajstić information content (AvgIpc) is 3.04. The maximum absolute atomic E-state index is 7.07. The van der Waals surface area contributed by atoms with E-state index in [-0.39, 0.29) is 0 Å². The SMILES string of the molecule is COc1cc(C(Cc2ccc(Cl)cc2)OC(Cc2ccc(Cl)cc2)c2cc(OC)c(OC)c(OC)c2)cc(OC)c1OC. The van der Waals surface area contributed by atoms with E-state index in [1.165, 1.54) is 0 Å². The second-order valence-electron chi connectivity index (χ2n) is 9.69. The largest absolute Gasteiger partial charge is 0.493 e. The van der Waals surface area contributed by atoms with Gasteiger partial charge in [0.15, 0.2) is 23.0 Å². The Kier molecular flexibility index (Phi) is 11.3. The van der Waals surface area contributed by atoms with Gasteiger partial charge in [-0.2, -0.15) is 0 Å². The zero-order valence-corrected chi connectivity index (χ0v) is 26.6. The summed E-state index contributed by atoms with van der Waals surface area (Å²) in [5, 5.41) is 1.32. The van der Waals surface area contributed by atoms with Gasteiger partial charge in [0.25, 0.3) is 0 Å². The highest BCUT2D eigenvalue weighted by atomic mass is 35.5. The number of halogens is 2. The molecule has 43 heavy (non-hydrogen) atoms. The third-order valence-corrected chi connectivity index (χ3v) is 7.62. The number of benzene rings is 4. The van der Waals surface area contributed by atoms with Gasteiger partial charge in [0, 0.05) is 22.9 Å². The van der Waals surface area contributed by atoms with E-state index in [0.29, 0.717) is 57.4 Å². The van der Waals surface area contributed by atoms with Crippen LogP contribution < -0.4 is 28.4 Å². The van der Waals surface area contributed by atoms with Crippen LogP contribution in [-0.4, -0.2) is 42.7 Å². The zero-order valence-electron chi connectivity index (χ0n) is 25.1. The monoisotopic (exact) mass is 626 g/mol. The van der Waals surface area contributed by atoms with Crippen molar-refractivity contribution < 1.29 is 33.2 Å². The maximum Gasteiger partial charge on any atom is 0.203 e. The van der Waals surface area contributed by atoms with Crippen LogP contribution in [0.3, 0.4) is 0 Å². The first-order chi connectivity index (χ1) is 20.8. The van der Waals surface area contributed by atoms with Crippen molar-refractivity contribution in [3.8, 4) is 34.5 Å². The molecule has 0 heterocycles. The minimum Gasteiger partial charge on any atom is -0.493 e. The minimum absolute atomic E-state index is 0.439. The Bertz CT molecular complexity index is 1330. The van der Waals surface area contributed by atoms with Crippen molar-refractivity contribution in [3.63, 3.8) is 0 Å². The second kappa shape index (κ2) is 15.1. The van der Waals surface area contributed by atoms with Crippen molar-refractivity contribution in [1.29, 1.82) is 0 Å². The van der Waals surface area contributed by atoms with Gasteiger partial charge in [0.1, 0.15) is 0 Å². The van der Waals surface area contributed by atoms with Gasteiger partial charge in [0.05, 0.1) is 54.9 Å². The van der Waals surface area contributed by atoms with Crippen LogP contribution in [-0.2, 0) is 17.6 Å². The first-order valence-electron chi connectivity index (χ1n) is 13.6. The van der Waals surface area contributed by atoms with E-state index < -0.39 is 12.2 Å². The molecule has 0 aliphatic carbocycles. The van der Waals surface area contributed by atoms with Crippen LogP contribution in [0.1, 0.15) is 34.5 Å². The predicted molar refractivity (Wildman–Crippen MR) is 169 cm³/mol. The number of hydrogen-bond acceptors (Lipinski definition) is 7. The number of hydrogen-bond donors (Lipinski definition) is 0. The highest BCUT2D eigenvalue weighted by molar-refractivity contribution is 6.30. The molecule has 0 aromatic heterocycles. The zero-order chi connectivity index (χ0) is 30.9. The van der Waals surface area contributed by atoms with Gasteiger partial charge in [-0.15, -0.1) is 0 Å². The average molecular weight is 628 g/mol. The van der Waals surface area contributed by atoms with Gasteiger partial charge in [-0.05, 0) is 70.8 Å². The lowest BCUT2D eigenvalue weighted by Crippen LogP contribution is -2.16. The number of ether oxygens (including phenoxy) is 7. The molecule has 0 saturated heterocycles. The normalized spacial score (nSPS) is 12.3. The van der Waals surface area contributed by atoms with E-state index in [9.17, 15) is 0 Å².